The normalized spacial score (nSPS) is 14.8. The number of rotatable bonds is 8. The Morgan fingerprint density at radius 1 is 1.29 bits per heavy atom. The first-order valence-electron chi connectivity index (χ1n) is 6.80. The number of aromatic nitrogens is 1. The molecule has 0 aliphatic heterocycles. The minimum atomic E-state index is 0.0735. The van der Waals surface area contributed by atoms with Crippen molar-refractivity contribution in [1.82, 2.24) is 10.3 Å². The number of unbranched alkanes of at least 4 members (excludes halogenated alkanes) is 2. The molecule has 0 saturated heterocycles. The summed E-state index contributed by atoms with van der Waals surface area (Å²) in [6.07, 6.45) is 6.23. The summed E-state index contributed by atoms with van der Waals surface area (Å²) in [5, 5.41) is 7.09. The van der Waals surface area contributed by atoms with Crippen molar-refractivity contribution in [1.29, 1.82) is 0 Å². The van der Waals surface area contributed by atoms with Crippen LogP contribution in [-0.2, 0) is 5.54 Å². The number of hydrogen-bond acceptors (Lipinski definition) is 3. The lowest BCUT2D eigenvalue weighted by Gasteiger charge is -2.29. The first-order valence-corrected chi connectivity index (χ1v) is 7.68. The van der Waals surface area contributed by atoms with Crippen LogP contribution in [0.15, 0.2) is 5.38 Å². The zero-order chi connectivity index (χ0) is 12.7. The van der Waals surface area contributed by atoms with E-state index in [1.165, 1.54) is 37.1 Å². The SMILES string of the molecule is CCCCCC(C)(NCCC)c1nc(C)cs1. The first kappa shape index (κ1) is 14.7. The third-order valence-corrected chi connectivity index (χ3v) is 4.36. The fourth-order valence-corrected chi connectivity index (χ4v) is 2.97. The van der Waals surface area contributed by atoms with E-state index in [0.29, 0.717) is 0 Å². The molecule has 0 amide bonds. The Morgan fingerprint density at radius 2 is 2.06 bits per heavy atom. The van der Waals surface area contributed by atoms with Crippen LogP contribution in [0.4, 0.5) is 0 Å². The minimum Gasteiger partial charge on any atom is -0.306 e. The van der Waals surface area contributed by atoms with Gasteiger partial charge in [-0.05, 0) is 33.2 Å². The fraction of sp³-hybridized carbons (Fsp3) is 0.786. The molecule has 0 saturated carbocycles. The van der Waals surface area contributed by atoms with Crippen molar-refractivity contribution in [2.45, 2.75) is 65.3 Å². The van der Waals surface area contributed by atoms with Crippen molar-refractivity contribution < 1.29 is 0 Å². The van der Waals surface area contributed by atoms with Gasteiger partial charge in [-0.1, -0.05) is 33.1 Å². The van der Waals surface area contributed by atoms with Gasteiger partial charge in [-0.2, -0.15) is 0 Å². The molecule has 0 aliphatic rings. The molecule has 0 fully saturated rings. The Balaban J connectivity index is 2.70. The molecule has 1 heterocycles. The molecule has 3 heteroatoms. The van der Waals surface area contributed by atoms with Crippen LogP contribution in [0.25, 0.3) is 0 Å². The molecule has 98 valence electrons. The molecule has 0 aromatic carbocycles. The molecular weight excluding hydrogens is 228 g/mol. The molecule has 2 nitrogen and oxygen atoms in total. The summed E-state index contributed by atoms with van der Waals surface area (Å²) in [5.41, 5.74) is 1.22. The molecule has 0 radical (unpaired) electrons. The van der Waals surface area contributed by atoms with Gasteiger partial charge in [-0.3, -0.25) is 0 Å². The summed E-state index contributed by atoms with van der Waals surface area (Å²) < 4.78 is 0. The number of aryl methyl sites for hydroxylation is 1. The highest BCUT2D eigenvalue weighted by molar-refractivity contribution is 7.09. The summed E-state index contributed by atoms with van der Waals surface area (Å²) in [7, 11) is 0. The Labute approximate surface area is 110 Å². The molecule has 0 spiro atoms. The van der Waals surface area contributed by atoms with E-state index < -0.39 is 0 Å². The van der Waals surface area contributed by atoms with Crippen molar-refractivity contribution in [3.05, 3.63) is 16.1 Å². The largest absolute Gasteiger partial charge is 0.306 e. The predicted octanol–water partition coefficient (Wildman–Crippen LogP) is 4.25. The van der Waals surface area contributed by atoms with Gasteiger partial charge in [0.1, 0.15) is 5.01 Å². The summed E-state index contributed by atoms with van der Waals surface area (Å²) in [6, 6.07) is 0. The predicted molar refractivity (Wildman–Crippen MR) is 76.6 cm³/mol. The number of thiazole rings is 1. The average molecular weight is 254 g/mol. The molecule has 1 rings (SSSR count). The van der Waals surface area contributed by atoms with Gasteiger partial charge in [-0.15, -0.1) is 11.3 Å². The van der Waals surface area contributed by atoms with E-state index in [1.54, 1.807) is 11.3 Å². The van der Waals surface area contributed by atoms with Gasteiger partial charge in [0.05, 0.1) is 5.54 Å². The monoisotopic (exact) mass is 254 g/mol. The lowest BCUT2D eigenvalue weighted by Crippen LogP contribution is -2.40. The topological polar surface area (TPSA) is 24.9 Å². The van der Waals surface area contributed by atoms with Crippen LogP contribution in [0.3, 0.4) is 0 Å². The lowest BCUT2D eigenvalue weighted by atomic mass is 9.94. The summed E-state index contributed by atoms with van der Waals surface area (Å²) in [5.74, 6) is 0. The van der Waals surface area contributed by atoms with Gasteiger partial charge in [-0.25, -0.2) is 4.98 Å². The van der Waals surface area contributed by atoms with Crippen LogP contribution in [0.5, 0.6) is 0 Å². The van der Waals surface area contributed by atoms with Gasteiger partial charge in [0.15, 0.2) is 0 Å². The van der Waals surface area contributed by atoms with Gasteiger partial charge in [0, 0.05) is 11.1 Å². The van der Waals surface area contributed by atoms with Crippen LogP contribution in [-0.4, -0.2) is 11.5 Å². The summed E-state index contributed by atoms with van der Waals surface area (Å²) >= 11 is 1.79. The highest BCUT2D eigenvalue weighted by Gasteiger charge is 2.28. The van der Waals surface area contributed by atoms with Gasteiger partial charge < -0.3 is 5.32 Å². The summed E-state index contributed by atoms with van der Waals surface area (Å²) in [6.45, 7) is 9.92. The van der Waals surface area contributed by atoms with E-state index in [4.69, 9.17) is 0 Å². The maximum atomic E-state index is 4.67. The van der Waals surface area contributed by atoms with Crippen molar-refractivity contribution in [3.8, 4) is 0 Å². The van der Waals surface area contributed by atoms with E-state index in [0.717, 1.165) is 12.2 Å². The second-order valence-corrected chi connectivity index (χ2v) is 5.87. The number of hydrogen-bond donors (Lipinski definition) is 1. The first-order chi connectivity index (χ1) is 8.12. The average Bonchev–Trinajstić information content (AvgIpc) is 2.74. The molecule has 1 aromatic rings. The Bertz CT molecular complexity index is 322. The van der Waals surface area contributed by atoms with Crippen molar-refractivity contribution >= 4 is 11.3 Å². The van der Waals surface area contributed by atoms with Crippen molar-refractivity contribution in [3.63, 3.8) is 0 Å². The van der Waals surface area contributed by atoms with E-state index in [9.17, 15) is 0 Å². The smallest absolute Gasteiger partial charge is 0.113 e. The third-order valence-electron chi connectivity index (χ3n) is 3.14. The Kier molecular flexibility index (Phi) is 6.14. The molecular formula is C14H26N2S. The van der Waals surface area contributed by atoms with Crippen LogP contribution in [0.1, 0.15) is 63.6 Å². The minimum absolute atomic E-state index is 0.0735. The standard InChI is InChI=1S/C14H26N2S/c1-5-7-8-9-14(4,15-10-6-2)13-16-12(3)11-17-13/h11,15H,5-10H2,1-4H3. The van der Waals surface area contributed by atoms with Crippen LogP contribution >= 0.6 is 11.3 Å². The summed E-state index contributed by atoms with van der Waals surface area (Å²) in [4.78, 5) is 4.67. The zero-order valence-electron chi connectivity index (χ0n) is 11.7. The van der Waals surface area contributed by atoms with Crippen LogP contribution < -0.4 is 5.32 Å². The number of nitrogens with one attached hydrogen (secondary N) is 1. The van der Waals surface area contributed by atoms with Gasteiger partial charge in [0.25, 0.3) is 0 Å². The van der Waals surface area contributed by atoms with E-state index in [1.807, 2.05) is 0 Å². The molecule has 17 heavy (non-hydrogen) atoms. The fourth-order valence-electron chi connectivity index (χ4n) is 2.01. The van der Waals surface area contributed by atoms with Crippen molar-refractivity contribution in [2.24, 2.45) is 0 Å². The van der Waals surface area contributed by atoms with E-state index >= 15 is 0 Å². The molecule has 0 bridgehead atoms. The second kappa shape index (κ2) is 7.12. The molecule has 1 unspecified atom stereocenters. The van der Waals surface area contributed by atoms with Crippen LogP contribution in [0.2, 0.25) is 0 Å². The molecule has 1 N–H and O–H groups in total. The highest BCUT2D eigenvalue weighted by Crippen LogP contribution is 2.29. The zero-order valence-corrected chi connectivity index (χ0v) is 12.5. The van der Waals surface area contributed by atoms with Gasteiger partial charge in [0.2, 0.25) is 0 Å². The maximum absolute atomic E-state index is 4.67. The van der Waals surface area contributed by atoms with E-state index in [2.05, 4.69) is 43.4 Å². The quantitative estimate of drug-likeness (QED) is 0.702. The maximum Gasteiger partial charge on any atom is 0.113 e. The molecule has 0 aliphatic carbocycles. The third kappa shape index (κ3) is 4.40. The molecule has 1 atom stereocenters. The van der Waals surface area contributed by atoms with E-state index in [-0.39, 0.29) is 5.54 Å². The Morgan fingerprint density at radius 3 is 2.59 bits per heavy atom. The number of nitrogens with zero attached hydrogens (tertiary/aromatic N) is 1. The second-order valence-electron chi connectivity index (χ2n) is 5.01. The highest BCUT2D eigenvalue weighted by atomic mass is 32.1. The van der Waals surface area contributed by atoms with Crippen molar-refractivity contribution in [2.75, 3.05) is 6.54 Å². The lowest BCUT2D eigenvalue weighted by molar-refractivity contribution is 0.326. The van der Waals surface area contributed by atoms with Gasteiger partial charge >= 0.3 is 0 Å². The molecule has 1 aromatic heterocycles. The van der Waals surface area contributed by atoms with Crippen LogP contribution in [0, 0.1) is 6.92 Å². The Hall–Kier alpha value is -0.410.